The van der Waals surface area contributed by atoms with Gasteiger partial charge in [0.05, 0.1) is 4.88 Å². The minimum atomic E-state index is -0.512. The molecule has 2 amide bonds. The van der Waals surface area contributed by atoms with Gasteiger partial charge >= 0.3 is 5.97 Å². The zero-order valence-electron chi connectivity index (χ0n) is 27.3. The summed E-state index contributed by atoms with van der Waals surface area (Å²) >= 11 is 1.52. The fraction of sp³-hybridized carbons (Fsp3) is 0.528. The number of unbranched alkanes of at least 4 members (excludes halogenated alkanes) is 3. The quantitative estimate of drug-likeness (QED) is 0.0981. The van der Waals surface area contributed by atoms with Gasteiger partial charge in [0.25, 0.3) is 0 Å². The molecule has 0 saturated carbocycles. The topological polar surface area (TPSA) is 97.4 Å². The number of thiophene rings is 1. The van der Waals surface area contributed by atoms with Crippen molar-refractivity contribution in [2.45, 2.75) is 90.4 Å². The number of anilines is 1. The van der Waals surface area contributed by atoms with Gasteiger partial charge in [-0.05, 0) is 88.9 Å². The van der Waals surface area contributed by atoms with Crippen molar-refractivity contribution < 1.29 is 28.7 Å². The number of piperazine rings is 1. The fourth-order valence-corrected chi connectivity index (χ4v) is 5.92. The molecule has 248 valence electrons. The maximum atomic E-state index is 12.7. The van der Waals surface area contributed by atoms with Crippen LogP contribution in [0.3, 0.4) is 0 Å². The van der Waals surface area contributed by atoms with Crippen LogP contribution in [0.25, 0.3) is 6.08 Å². The Bertz CT molecular complexity index is 1370. The standard InChI is InChI=1S/C36H47N3O6S/c1-36(2,3)44-34(42)22-21-31-20-19-30(46-31)18-15-28-13-16-29(17-14-28)38-23-25-39(26-24-38)33(41)11-7-5-4-6-10-32(40)37-45-35-12-8-9-27-43-35/h13-14,16-17,19-22,35H,4-12,23-27H2,1-3H3,(H,37,40)/b22-21+. The Morgan fingerprint density at radius 1 is 0.957 bits per heavy atom. The van der Waals surface area contributed by atoms with Gasteiger partial charge in [0.2, 0.25) is 11.8 Å². The lowest BCUT2D eigenvalue weighted by atomic mass is 10.1. The number of hydrogen-bond acceptors (Lipinski definition) is 8. The number of benzene rings is 1. The van der Waals surface area contributed by atoms with Gasteiger partial charge in [-0.3, -0.25) is 9.59 Å². The van der Waals surface area contributed by atoms with Crippen LogP contribution < -0.4 is 10.4 Å². The molecule has 2 aliphatic heterocycles. The summed E-state index contributed by atoms with van der Waals surface area (Å²) in [5.74, 6) is 6.16. The maximum absolute atomic E-state index is 12.7. The lowest BCUT2D eigenvalue weighted by Crippen LogP contribution is -2.48. The summed E-state index contributed by atoms with van der Waals surface area (Å²) < 4.78 is 10.7. The van der Waals surface area contributed by atoms with Crippen LogP contribution in [-0.2, 0) is 28.7 Å². The summed E-state index contributed by atoms with van der Waals surface area (Å²) in [6, 6.07) is 12.1. The van der Waals surface area contributed by atoms with E-state index in [0.29, 0.717) is 32.5 Å². The molecule has 2 aliphatic rings. The Kier molecular flexibility index (Phi) is 13.7. The van der Waals surface area contributed by atoms with Crippen molar-refractivity contribution in [3.8, 4) is 11.8 Å². The van der Waals surface area contributed by atoms with Gasteiger partial charge in [0.15, 0.2) is 6.29 Å². The number of esters is 1. The molecule has 1 unspecified atom stereocenters. The third kappa shape index (κ3) is 12.6. The van der Waals surface area contributed by atoms with E-state index in [1.165, 1.54) is 17.4 Å². The van der Waals surface area contributed by atoms with Crippen molar-refractivity contribution in [1.82, 2.24) is 10.4 Å². The highest BCUT2D eigenvalue weighted by Gasteiger charge is 2.21. The summed E-state index contributed by atoms with van der Waals surface area (Å²) in [5.41, 5.74) is 4.05. The highest BCUT2D eigenvalue weighted by molar-refractivity contribution is 7.13. The molecule has 1 atom stereocenters. The van der Waals surface area contributed by atoms with Gasteiger partial charge < -0.3 is 19.3 Å². The van der Waals surface area contributed by atoms with E-state index in [9.17, 15) is 14.4 Å². The first-order chi connectivity index (χ1) is 22.1. The maximum Gasteiger partial charge on any atom is 0.331 e. The van der Waals surface area contributed by atoms with E-state index in [0.717, 1.165) is 79.0 Å². The van der Waals surface area contributed by atoms with E-state index < -0.39 is 5.60 Å². The molecule has 1 N–H and O–H groups in total. The zero-order chi connectivity index (χ0) is 32.8. The molecule has 0 radical (unpaired) electrons. The van der Waals surface area contributed by atoms with Gasteiger partial charge in [0, 0.05) is 74.3 Å². The molecule has 2 fully saturated rings. The average Bonchev–Trinajstić information content (AvgIpc) is 3.51. The first kappa shape index (κ1) is 35.2. The molecule has 46 heavy (non-hydrogen) atoms. The molecule has 4 rings (SSSR count). The zero-order valence-corrected chi connectivity index (χ0v) is 28.2. The summed E-state index contributed by atoms with van der Waals surface area (Å²) in [6.07, 6.45) is 10.2. The Morgan fingerprint density at radius 2 is 1.70 bits per heavy atom. The molecule has 1 aromatic heterocycles. The normalized spacial score (nSPS) is 17.0. The smallest absolute Gasteiger partial charge is 0.331 e. The second kappa shape index (κ2) is 17.9. The largest absolute Gasteiger partial charge is 0.457 e. The van der Waals surface area contributed by atoms with Gasteiger partial charge in [-0.2, -0.15) is 0 Å². The minimum Gasteiger partial charge on any atom is -0.457 e. The van der Waals surface area contributed by atoms with Crippen LogP contribution in [0.15, 0.2) is 42.5 Å². The number of carbonyl (C=O) groups excluding carboxylic acids is 3. The number of hydrogen-bond donors (Lipinski definition) is 1. The van der Waals surface area contributed by atoms with Crippen LogP contribution in [-0.4, -0.2) is 67.4 Å². The first-order valence-corrected chi connectivity index (χ1v) is 17.2. The molecule has 2 saturated heterocycles. The summed E-state index contributed by atoms with van der Waals surface area (Å²) in [6.45, 7) is 9.25. The molecule has 2 aromatic rings. The van der Waals surface area contributed by atoms with Crippen LogP contribution >= 0.6 is 11.3 Å². The average molecular weight is 650 g/mol. The lowest BCUT2D eigenvalue weighted by molar-refractivity contribution is -0.200. The third-order valence-electron chi connectivity index (χ3n) is 7.60. The van der Waals surface area contributed by atoms with Gasteiger partial charge in [-0.25, -0.2) is 15.1 Å². The Labute approximate surface area is 277 Å². The summed E-state index contributed by atoms with van der Waals surface area (Å²) in [7, 11) is 0. The molecular formula is C36H47N3O6S. The van der Waals surface area contributed by atoms with E-state index in [-0.39, 0.29) is 24.1 Å². The predicted molar refractivity (Wildman–Crippen MR) is 181 cm³/mol. The second-order valence-electron chi connectivity index (χ2n) is 12.6. The number of carbonyl (C=O) groups is 3. The number of ether oxygens (including phenoxy) is 2. The number of amides is 2. The highest BCUT2D eigenvalue weighted by Crippen LogP contribution is 2.20. The highest BCUT2D eigenvalue weighted by atomic mass is 32.1. The van der Waals surface area contributed by atoms with Crippen molar-refractivity contribution in [2.24, 2.45) is 0 Å². The van der Waals surface area contributed by atoms with E-state index in [1.807, 2.05) is 49.9 Å². The van der Waals surface area contributed by atoms with Crippen molar-refractivity contribution in [1.29, 1.82) is 0 Å². The van der Waals surface area contributed by atoms with Crippen LogP contribution in [0, 0.1) is 11.8 Å². The van der Waals surface area contributed by atoms with Crippen molar-refractivity contribution in [2.75, 3.05) is 37.7 Å². The Balaban J connectivity index is 1.09. The van der Waals surface area contributed by atoms with E-state index in [4.69, 9.17) is 14.3 Å². The number of rotatable bonds is 12. The molecule has 9 nitrogen and oxygen atoms in total. The van der Waals surface area contributed by atoms with Gasteiger partial charge in [-0.15, -0.1) is 11.3 Å². The number of hydroxylamine groups is 1. The van der Waals surface area contributed by atoms with Gasteiger partial charge in [-0.1, -0.05) is 24.7 Å². The van der Waals surface area contributed by atoms with Crippen LogP contribution in [0.2, 0.25) is 0 Å². The van der Waals surface area contributed by atoms with Crippen LogP contribution in [0.1, 0.15) is 93.9 Å². The second-order valence-corrected chi connectivity index (χ2v) is 13.7. The number of nitrogens with zero attached hydrogens (tertiary/aromatic N) is 2. The minimum absolute atomic E-state index is 0.120. The van der Waals surface area contributed by atoms with E-state index in [1.54, 1.807) is 6.08 Å². The number of nitrogens with one attached hydrogen (secondary N) is 1. The molecule has 10 heteroatoms. The van der Waals surface area contributed by atoms with Crippen LogP contribution in [0.5, 0.6) is 0 Å². The van der Waals surface area contributed by atoms with Crippen molar-refractivity contribution >= 4 is 40.9 Å². The Hall–Kier alpha value is -3.65. The summed E-state index contributed by atoms with van der Waals surface area (Å²) in [5, 5.41) is 0. The third-order valence-corrected chi connectivity index (χ3v) is 8.56. The molecule has 1 aromatic carbocycles. The van der Waals surface area contributed by atoms with Gasteiger partial charge in [0.1, 0.15) is 5.60 Å². The SMILES string of the molecule is CC(C)(C)OC(=O)/C=C/c1ccc(C#Cc2ccc(N3CCN(C(=O)CCCCCCC(=O)NOC4CCCCO4)CC3)cc2)s1. The first-order valence-electron chi connectivity index (χ1n) is 16.4. The lowest BCUT2D eigenvalue weighted by Gasteiger charge is -2.36. The molecule has 0 aliphatic carbocycles. The van der Waals surface area contributed by atoms with E-state index in [2.05, 4.69) is 34.4 Å². The predicted octanol–water partition coefficient (Wildman–Crippen LogP) is 6.07. The molecule has 0 spiro atoms. The molecule has 0 bridgehead atoms. The molecule has 3 heterocycles. The van der Waals surface area contributed by atoms with Crippen molar-refractivity contribution in [3.05, 3.63) is 57.8 Å². The van der Waals surface area contributed by atoms with E-state index >= 15 is 0 Å². The molecular weight excluding hydrogens is 602 g/mol. The van der Waals surface area contributed by atoms with Crippen LogP contribution in [0.4, 0.5) is 5.69 Å². The summed E-state index contributed by atoms with van der Waals surface area (Å²) in [4.78, 5) is 48.0. The Morgan fingerprint density at radius 3 is 2.39 bits per heavy atom. The monoisotopic (exact) mass is 649 g/mol. The fourth-order valence-electron chi connectivity index (χ4n) is 5.16. The van der Waals surface area contributed by atoms with Crippen molar-refractivity contribution in [3.63, 3.8) is 0 Å².